The average molecular weight is 407 g/mol. The van der Waals surface area contributed by atoms with Crippen molar-refractivity contribution >= 4 is 91.3 Å². The number of aromatic nitrogens is 2. The summed E-state index contributed by atoms with van der Waals surface area (Å²) in [6.07, 6.45) is 0. The lowest BCUT2D eigenvalue weighted by Crippen LogP contribution is -1.87. The van der Waals surface area contributed by atoms with E-state index in [4.69, 9.17) is 0 Å². The van der Waals surface area contributed by atoms with Gasteiger partial charge in [0.1, 0.15) is 4.83 Å². The van der Waals surface area contributed by atoms with Crippen LogP contribution in [0.2, 0.25) is 0 Å². The first-order valence-corrected chi connectivity index (χ1v) is 11.5. The quantitative estimate of drug-likeness (QED) is 0.243. The summed E-state index contributed by atoms with van der Waals surface area (Å²) in [5, 5.41) is 10.5. The molecule has 0 fully saturated rings. The van der Waals surface area contributed by atoms with Gasteiger partial charge in [0.25, 0.3) is 0 Å². The predicted octanol–water partition coefficient (Wildman–Crippen LogP) is 7.76. The molecule has 0 radical (unpaired) electrons. The number of thiophene rings is 2. The maximum absolute atomic E-state index is 2.56. The van der Waals surface area contributed by atoms with Gasteiger partial charge in [-0.15, -0.1) is 22.7 Å². The molecule has 0 bridgehead atoms. The highest BCUT2D eigenvalue weighted by molar-refractivity contribution is 7.26. The number of aryl methyl sites for hydroxylation is 1. The zero-order valence-corrected chi connectivity index (χ0v) is 17.2. The van der Waals surface area contributed by atoms with Crippen molar-refractivity contribution in [2.75, 3.05) is 0 Å². The van der Waals surface area contributed by atoms with E-state index in [9.17, 15) is 0 Å². The lowest BCUT2D eigenvalue weighted by Gasteiger charge is -2.01. The minimum Gasteiger partial charge on any atom is -0.344 e. The van der Waals surface area contributed by atoms with Gasteiger partial charge in [-0.3, -0.25) is 4.40 Å². The molecular formula is C25H14N2S2. The molecule has 0 spiro atoms. The molecule has 5 heterocycles. The zero-order chi connectivity index (χ0) is 18.9. The number of hydrogen-bond donors (Lipinski definition) is 0. The monoisotopic (exact) mass is 406 g/mol. The Balaban J connectivity index is 1.92. The first-order valence-electron chi connectivity index (χ1n) is 9.77. The van der Waals surface area contributed by atoms with Crippen molar-refractivity contribution in [1.82, 2.24) is 8.97 Å². The fourth-order valence-electron chi connectivity index (χ4n) is 5.39. The molecule has 0 unspecified atom stereocenters. The van der Waals surface area contributed by atoms with Crippen LogP contribution in [0, 0.1) is 0 Å². The normalized spacial score (nSPS) is 13.0. The lowest BCUT2D eigenvalue weighted by atomic mass is 10.1. The molecule has 0 aliphatic carbocycles. The smallest absolute Gasteiger partial charge is 0.108 e. The molecule has 4 heteroatoms. The van der Waals surface area contributed by atoms with Gasteiger partial charge < -0.3 is 4.57 Å². The van der Waals surface area contributed by atoms with Gasteiger partial charge in [0, 0.05) is 44.2 Å². The summed E-state index contributed by atoms with van der Waals surface area (Å²) in [7, 11) is 2.20. The van der Waals surface area contributed by atoms with Crippen molar-refractivity contribution < 1.29 is 0 Å². The molecular weight excluding hydrogens is 392 g/mol. The van der Waals surface area contributed by atoms with Gasteiger partial charge in [-0.05, 0) is 41.1 Å². The van der Waals surface area contributed by atoms with Crippen LogP contribution in [0.15, 0.2) is 66.0 Å². The van der Waals surface area contributed by atoms with Crippen molar-refractivity contribution in [3.8, 4) is 0 Å². The number of fused-ring (bicyclic) bond motifs is 8. The average Bonchev–Trinajstić information content (AvgIpc) is 3.48. The highest BCUT2D eigenvalue weighted by Crippen LogP contribution is 2.48. The van der Waals surface area contributed by atoms with E-state index in [0.717, 1.165) is 0 Å². The Bertz CT molecular complexity index is 1920. The Labute approximate surface area is 173 Å². The highest BCUT2D eigenvalue weighted by atomic mass is 32.1. The van der Waals surface area contributed by atoms with Gasteiger partial charge in [-0.1, -0.05) is 30.3 Å². The molecule has 2 nitrogen and oxygen atoms in total. The van der Waals surface area contributed by atoms with E-state index in [-0.39, 0.29) is 0 Å². The zero-order valence-electron chi connectivity index (χ0n) is 15.6. The molecule has 0 amide bonds. The van der Waals surface area contributed by atoms with Crippen LogP contribution in [-0.4, -0.2) is 8.97 Å². The first-order chi connectivity index (χ1) is 14.3. The third kappa shape index (κ3) is 1.52. The van der Waals surface area contributed by atoms with Crippen LogP contribution < -0.4 is 0 Å². The topological polar surface area (TPSA) is 9.34 Å². The van der Waals surface area contributed by atoms with E-state index in [1.54, 1.807) is 0 Å². The summed E-state index contributed by atoms with van der Waals surface area (Å²) >= 11 is 3.77. The molecule has 0 atom stereocenters. The highest BCUT2D eigenvalue weighted by Gasteiger charge is 2.23. The van der Waals surface area contributed by atoms with E-state index in [2.05, 4.69) is 82.1 Å². The van der Waals surface area contributed by atoms with E-state index in [1.807, 2.05) is 22.7 Å². The summed E-state index contributed by atoms with van der Waals surface area (Å²) in [5.74, 6) is 0. The number of nitrogens with zero attached hydrogens (tertiary/aromatic N) is 2. The van der Waals surface area contributed by atoms with Crippen LogP contribution in [0.3, 0.4) is 0 Å². The maximum Gasteiger partial charge on any atom is 0.108 e. The SMILES string of the molecule is Cn1c2cccc3c4ccsc4n4c5c6ccccc6sc5c5ccc1c(c32)c54. The van der Waals surface area contributed by atoms with Crippen LogP contribution in [0.5, 0.6) is 0 Å². The number of rotatable bonds is 0. The molecule has 0 N–H and O–H groups in total. The molecule has 0 saturated heterocycles. The molecule has 3 aromatic carbocycles. The van der Waals surface area contributed by atoms with Crippen molar-refractivity contribution in [1.29, 1.82) is 0 Å². The van der Waals surface area contributed by atoms with E-state index < -0.39 is 0 Å². The predicted molar refractivity (Wildman–Crippen MR) is 128 cm³/mol. The fraction of sp³-hybridized carbons (Fsp3) is 0.0400. The minimum absolute atomic E-state index is 1.31. The lowest BCUT2D eigenvalue weighted by molar-refractivity contribution is 1.01. The summed E-state index contributed by atoms with van der Waals surface area (Å²) < 4.78 is 7.68. The molecule has 0 aliphatic heterocycles. The minimum atomic E-state index is 1.31. The summed E-state index contributed by atoms with van der Waals surface area (Å²) in [5.41, 5.74) is 5.35. The Morgan fingerprint density at radius 2 is 1.55 bits per heavy atom. The fourth-order valence-corrected chi connectivity index (χ4v) is 7.53. The first kappa shape index (κ1) is 14.9. The van der Waals surface area contributed by atoms with E-state index in [1.165, 1.54) is 68.6 Å². The largest absolute Gasteiger partial charge is 0.344 e. The van der Waals surface area contributed by atoms with Gasteiger partial charge in [0.2, 0.25) is 0 Å². The number of hydrogen-bond acceptors (Lipinski definition) is 2. The van der Waals surface area contributed by atoms with Crippen LogP contribution in [0.25, 0.3) is 68.6 Å². The second-order valence-electron chi connectivity index (χ2n) is 7.87. The van der Waals surface area contributed by atoms with Crippen molar-refractivity contribution in [2.45, 2.75) is 0 Å². The third-order valence-electron chi connectivity index (χ3n) is 6.57. The Morgan fingerprint density at radius 3 is 2.52 bits per heavy atom. The molecule has 8 rings (SSSR count). The number of benzene rings is 3. The van der Waals surface area contributed by atoms with Crippen molar-refractivity contribution in [2.24, 2.45) is 7.05 Å². The molecule has 0 aliphatic rings. The molecule has 136 valence electrons. The van der Waals surface area contributed by atoms with Gasteiger partial charge in [-0.2, -0.15) is 0 Å². The van der Waals surface area contributed by atoms with Crippen LogP contribution in [0.4, 0.5) is 0 Å². The Morgan fingerprint density at radius 1 is 0.690 bits per heavy atom. The maximum atomic E-state index is 2.56. The van der Waals surface area contributed by atoms with Crippen LogP contribution in [-0.2, 0) is 7.05 Å². The van der Waals surface area contributed by atoms with Gasteiger partial charge in [0.15, 0.2) is 0 Å². The van der Waals surface area contributed by atoms with Crippen LogP contribution >= 0.6 is 22.7 Å². The third-order valence-corrected chi connectivity index (χ3v) is 8.66. The van der Waals surface area contributed by atoms with E-state index >= 15 is 0 Å². The molecule has 5 aromatic heterocycles. The summed E-state index contributed by atoms with van der Waals surface area (Å²) in [4.78, 5) is 1.34. The standard InChI is InChI=1S/C25H14N2S2/c1-26-17-7-4-6-13-14-11-12-28-25(14)27-22-16(9-10-18(26)21(22)20(13)17)24-23(27)15-5-2-3-8-19(15)29-24/h2-12H,1H3. The Kier molecular flexibility index (Phi) is 2.42. The van der Waals surface area contributed by atoms with Gasteiger partial charge in [-0.25, -0.2) is 0 Å². The Hall–Kier alpha value is -3.08. The van der Waals surface area contributed by atoms with Gasteiger partial charge >= 0.3 is 0 Å². The molecule has 29 heavy (non-hydrogen) atoms. The summed E-state index contributed by atoms with van der Waals surface area (Å²) in [6, 6.07) is 22.5. The summed E-state index contributed by atoms with van der Waals surface area (Å²) in [6.45, 7) is 0. The van der Waals surface area contributed by atoms with Crippen molar-refractivity contribution in [3.05, 3.63) is 66.0 Å². The second kappa shape index (κ2) is 4.73. The van der Waals surface area contributed by atoms with Crippen molar-refractivity contribution in [3.63, 3.8) is 0 Å². The van der Waals surface area contributed by atoms with Gasteiger partial charge in [0.05, 0.1) is 21.3 Å². The second-order valence-corrected chi connectivity index (χ2v) is 9.81. The van der Waals surface area contributed by atoms with Crippen LogP contribution in [0.1, 0.15) is 0 Å². The van der Waals surface area contributed by atoms with E-state index in [0.29, 0.717) is 0 Å². The molecule has 0 saturated carbocycles. The molecule has 8 aromatic rings.